The van der Waals surface area contributed by atoms with Gasteiger partial charge in [-0.05, 0) is 74.5 Å². The lowest BCUT2D eigenvalue weighted by Gasteiger charge is -2.15. The smallest absolute Gasteiger partial charge is 0.261 e. The molecule has 1 aromatic heterocycles. The zero-order valence-corrected chi connectivity index (χ0v) is 22.4. The van der Waals surface area contributed by atoms with Crippen LogP contribution in [-0.4, -0.2) is 25.5 Å². The average molecular weight is 548 g/mol. The van der Waals surface area contributed by atoms with E-state index in [9.17, 15) is 13.2 Å². The maximum absolute atomic E-state index is 13.4. The van der Waals surface area contributed by atoms with Crippen LogP contribution in [0, 0.1) is 0 Å². The Hall–Kier alpha value is -4.01. The number of carbonyl (C=O) groups excluding carboxylic acids is 1. The third-order valence-corrected chi connectivity index (χ3v) is 7.85. The van der Waals surface area contributed by atoms with E-state index in [4.69, 9.17) is 16.3 Å². The molecule has 5 aromatic rings. The Bertz CT molecular complexity index is 1780. The van der Waals surface area contributed by atoms with Crippen molar-refractivity contribution in [3.05, 3.63) is 95.5 Å². The molecule has 5 rings (SSSR count). The summed E-state index contributed by atoms with van der Waals surface area (Å²) in [6.45, 7) is 5.03. The number of fused-ring (bicyclic) bond motifs is 3. The van der Waals surface area contributed by atoms with Crippen molar-refractivity contribution >= 4 is 60.7 Å². The van der Waals surface area contributed by atoms with E-state index in [0.717, 1.165) is 28.4 Å². The van der Waals surface area contributed by atoms with E-state index in [1.165, 1.54) is 24.3 Å². The number of aromatic nitrogens is 1. The topological polar surface area (TPSA) is 89.4 Å². The number of amides is 1. The predicted molar refractivity (Wildman–Crippen MR) is 153 cm³/mol. The Labute approximate surface area is 226 Å². The first-order chi connectivity index (χ1) is 18.3. The summed E-state index contributed by atoms with van der Waals surface area (Å²) in [5.74, 6) is -0.0793. The summed E-state index contributed by atoms with van der Waals surface area (Å²) in [6, 6.07) is 24.4. The summed E-state index contributed by atoms with van der Waals surface area (Å²) in [7, 11) is -3.98. The van der Waals surface area contributed by atoms with Crippen LogP contribution in [0.1, 0.15) is 24.2 Å². The monoisotopic (exact) mass is 547 g/mol. The number of ether oxygens (including phenoxy) is 1. The minimum atomic E-state index is -3.98. The molecular formula is C29H26ClN3O4S. The summed E-state index contributed by atoms with van der Waals surface area (Å²) < 4.78 is 37.3. The van der Waals surface area contributed by atoms with Gasteiger partial charge >= 0.3 is 0 Å². The van der Waals surface area contributed by atoms with Crippen LogP contribution >= 0.6 is 11.6 Å². The highest BCUT2D eigenvalue weighted by Gasteiger charge is 2.20. The average Bonchev–Trinajstić information content (AvgIpc) is 3.22. The molecule has 194 valence electrons. The van der Waals surface area contributed by atoms with Gasteiger partial charge in [0.05, 0.1) is 17.2 Å². The van der Waals surface area contributed by atoms with E-state index in [2.05, 4.69) is 27.6 Å². The molecule has 1 heterocycles. The summed E-state index contributed by atoms with van der Waals surface area (Å²) in [4.78, 5) is 12.8. The fraction of sp³-hybridized carbons (Fsp3) is 0.138. The molecule has 0 bridgehead atoms. The zero-order valence-electron chi connectivity index (χ0n) is 20.9. The van der Waals surface area contributed by atoms with Gasteiger partial charge in [0.15, 0.2) is 0 Å². The number of para-hydroxylation sites is 1. The van der Waals surface area contributed by atoms with Crippen molar-refractivity contribution in [2.75, 3.05) is 16.6 Å². The summed E-state index contributed by atoms with van der Waals surface area (Å²) >= 11 is 6.02. The van der Waals surface area contributed by atoms with E-state index < -0.39 is 15.9 Å². The fourth-order valence-corrected chi connectivity index (χ4v) is 5.82. The van der Waals surface area contributed by atoms with Gasteiger partial charge in [0.2, 0.25) is 0 Å². The van der Waals surface area contributed by atoms with Crippen LogP contribution in [0.3, 0.4) is 0 Å². The normalized spacial score (nSPS) is 11.6. The van der Waals surface area contributed by atoms with Crippen molar-refractivity contribution in [3.63, 3.8) is 0 Å². The van der Waals surface area contributed by atoms with Gasteiger partial charge in [-0.3, -0.25) is 9.52 Å². The first kappa shape index (κ1) is 25.6. The molecular weight excluding hydrogens is 522 g/mol. The standard InChI is InChI=1S/C29H26ClN3O4S/c1-3-33-26-11-6-5-10-23(26)24-17-21(12-14-27(24)33)32-38(35,36)22-13-15-28(37-4-2)25(18-22)31-29(34)19-8-7-9-20(30)16-19/h5-18,32H,3-4H2,1-2H3,(H,31,34). The minimum absolute atomic E-state index is 0.0153. The van der Waals surface area contributed by atoms with Crippen LogP contribution in [0.15, 0.2) is 89.8 Å². The second kappa shape index (κ2) is 10.4. The second-order valence-electron chi connectivity index (χ2n) is 8.65. The number of aryl methyl sites for hydroxylation is 1. The molecule has 0 saturated carbocycles. The number of halogens is 1. The molecule has 38 heavy (non-hydrogen) atoms. The highest BCUT2D eigenvalue weighted by atomic mass is 35.5. The highest BCUT2D eigenvalue weighted by Crippen LogP contribution is 2.33. The summed E-state index contributed by atoms with van der Waals surface area (Å²) in [5.41, 5.74) is 3.14. The van der Waals surface area contributed by atoms with Crippen molar-refractivity contribution in [1.29, 1.82) is 0 Å². The van der Waals surface area contributed by atoms with Crippen LogP contribution in [0.4, 0.5) is 11.4 Å². The van der Waals surface area contributed by atoms with Crippen molar-refractivity contribution < 1.29 is 17.9 Å². The lowest BCUT2D eigenvalue weighted by atomic mass is 10.1. The van der Waals surface area contributed by atoms with Crippen LogP contribution in [0.25, 0.3) is 21.8 Å². The van der Waals surface area contributed by atoms with Crippen LogP contribution in [0.5, 0.6) is 5.75 Å². The molecule has 4 aromatic carbocycles. The van der Waals surface area contributed by atoms with Crippen molar-refractivity contribution in [2.45, 2.75) is 25.3 Å². The van der Waals surface area contributed by atoms with Gasteiger partial charge in [0, 0.05) is 44.6 Å². The van der Waals surface area contributed by atoms with Crippen molar-refractivity contribution in [1.82, 2.24) is 4.57 Å². The molecule has 1 amide bonds. The molecule has 9 heteroatoms. The Morgan fingerprint density at radius 3 is 2.45 bits per heavy atom. The Morgan fingerprint density at radius 1 is 0.895 bits per heavy atom. The number of carbonyl (C=O) groups is 1. The number of benzene rings is 4. The molecule has 0 unspecified atom stereocenters. The van der Waals surface area contributed by atoms with Gasteiger partial charge in [-0.25, -0.2) is 8.42 Å². The molecule has 0 fully saturated rings. The van der Waals surface area contributed by atoms with Gasteiger partial charge < -0.3 is 14.6 Å². The minimum Gasteiger partial charge on any atom is -0.492 e. The fourth-order valence-electron chi connectivity index (χ4n) is 4.55. The van der Waals surface area contributed by atoms with E-state index in [0.29, 0.717) is 28.6 Å². The van der Waals surface area contributed by atoms with Crippen LogP contribution in [-0.2, 0) is 16.6 Å². The quantitative estimate of drug-likeness (QED) is 0.221. The third-order valence-electron chi connectivity index (χ3n) is 6.24. The van der Waals surface area contributed by atoms with E-state index in [-0.39, 0.29) is 10.6 Å². The number of hydrogen-bond acceptors (Lipinski definition) is 4. The Kier molecular flexibility index (Phi) is 7.01. The predicted octanol–water partition coefficient (Wildman–Crippen LogP) is 6.92. The van der Waals surface area contributed by atoms with Gasteiger partial charge in [0.1, 0.15) is 5.75 Å². The van der Waals surface area contributed by atoms with Gasteiger partial charge in [-0.15, -0.1) is 0 Å². The third kappa shape index (κ3) is 4.92. The van der Waals surface area contributed by atoms with Gasteiger partial charge in [0.25, 0.3) is 15.9 Å². The lowest BCUT2D eigenvalue weighted by molar-refractivity contribution is 0.102. The number of nitrogens with zero attached hydrogens (tertiary/aromatic N) is 1. The molecule has 0 radical (unpaired) electrons. The van der Waals surface area contributed by atoms with Crippen molar-refractivity contribution in [2.24, 2.45) is 0 Å². The number of nitrogens with one attached hydrogen (secondary N) is 2. The zero-order chi connectivity index (χ0) is 26.9. The SMILES string of the molecule is CCOc1ccc(S(=O)(=O)Nc2ccc3c(c2)c2ccccc2n3CC)cc1NC(=O)c1cccc(Cl)c1. The molecule has 0 aliphatic rings. The van der Waals surface area contributed by atoms with Crippen LogP contribution < -0.4 is 14.8 Å². The Balaban J connectivity index is 1.48. The van der Waals surface area contributed by atoms with Crippen molar-refractivity contribution in [3.8, 4) is 5.75 Å². The van der Waals surface area contributed by atoms with E-state index in [1.54, 1.807) is 31.2 Å². The largest absolute Gasteiger partial charge is 0.492 e. The highest BCUT2D eigenvalue weighted by molar-refractivity contribution is 7.92. The number of anilines is 2. The van der Waals surface area contributed by atoms with Gasteiger partial charge in [-0.1, -0.05) is 35.9 Å². The second-order valence-corrected chi connectivity index (χ2v) is 10.8. The van der Waals surface area contributed by atoms with Gasteiger partial charge in [-0.2, -0.15) is 0 Å². The lowest BCUT2D eigenvalue weighted by Crippen LogP contribution is -2.16. The number of rotatable bonds is 8. The molecule has 0 aliphatic heterocycles. The maximum Gasteiger partial charge on any atom is 0.261 e. The Morgan fingerprint density at radius 2 is 1.68 bits per heavy atom. The molecule has 0 aliphatic carbocycles. The number of sulfonamides is 1. The van der Waals surface area contributed by atoms with E-state index in [1.807, 2.05) is 30.3 Å². The van der Waals surface area contributed by atoms with Crippen LogP contribution in [0.2, 0.25) is 5.02 Å². The molecule has 0 atom stereocenters. The number of hydrogen-bond donors (Lipinski definition) is 2. The first-order valence-corrected chi connectivity index (χ1v) is 14.0. The summed E-state index contributed by atoms with van der Waals surface area (Å²) in [5, 5.41) is 5.18. The molecule has 0 saturated heterocycles. The molecule has 0 spiro atoms. The molecule has 2 N–H and O–H groups in total. The maximum atomic E-state index is 13.4. The molecule has 7 nitrogen and oxygen atoms in total. The van der Waals surface area contributed by atoms with E-state index >= 15 is 0 Å². The first-order valence-electron chi connectivity index (χ1n) is 12.2. The summed E-state index contributed by atoms with van der Waals surface area (Å²) in [6.07, 6.45) is 0.